The van der Waals surface area contributed by atoms with Gasteiger partial charge in [0.1, 0.15) is 5.76 Å². The van der Waals surface area contributed by atoms with E-state index in [1.165, 1.54) is 12.2 Å². The average Bonchev–Trinajstić information content (AvgIpc) is 2.72. The Morgan fingerprint density at radius 2 is 2.22 bits per heavy atom. The number of aryl methyl sites for hydroxylation is 1. The molecule has 18 heavy (non-hydrogen) atoms. The molecule has 0 saturated carbocycles. The third-order valence-electron chi connectivity index (χ3n) is 2.95. The monoisotopic (exact) mass is 253 g/mol. The first-order chi connectivity index (χ1) is 8.52. The molecule has 2 heterocycles. The van der Waals surface area contributed by atoms with Gasteiger partial charge < -0.3 is 9.42 Å². The quantitative estimate of drug-likeness (QED) is 0.713. The number of amides is 2. The Balaban J connectivity index is 1.89. The van der Waals surface area contributed by atoms with Crippen molar-refractivity contribution >= 4 is 11.8 Å². The van der Waals surface area contributed by atoms with E-state index in [2.05, 4.69) is 5.16 Å². The van der Waals surface area contributed by atoms with E-state index < -0.39 is 0 Å². The van der Waals surface area contributed by atoms with Crippen LogP contribution in [-0.4, -0.2) is 54.2 Å². The van der Waals surface area contributed by atoms with Crippen molar-refractivity contribution < 1.29 is 18.9 Å². The molecule has 1 aliphatic heterocycles. The molecule has 7 heteroatoms. The normalized spacial score (nSPS) is 15.4. The van der Waals surface area contributed by atoms with Gasteiger partial charge in [0.15, 0.2) is 5.69 Å². The Labute approximate surface area is 104 Å². The molecule has 0 spiro atoms. The maximum absolute atomic E-state index is 11.9. The fraction of sp³-hybridized carbons (Fsp3) is 0.545. The van der Waals surface area contributed by atoms with Gasteiger partial charge in [0, 0.05) is 26.2 Å². The van der Waals surface area contributed by atoms with Gasteiger partial charge in [-0.15, -0.1) is 0 Å². The molecular formula is C11H15N3O4. The van der Waals surface area contributed by atoms with Gasteiger partial charge in [-0.05, 0) is 6.92 Å². The average molecular weight is 253 g/mol. The number of carbonyl (C=O) groups excluding carboxylic acids is 2. The van der Waals surface area contributed by atoms with Crippen LogP contribution in [0.15, 0.2) is 10.6 Å². The molecule has 2 amide bonds. The van der Waals surface area contributed by atoms with Gasteiger partial charge >= 0.3 is 0 Å². The van der Waals surface area contributed by atoms with Crippen LogP contribution in [0.5, 0.6) is 0 Å². The summed E-state index contributed by atoms with van der Waals surface area (Å²) in [6, 6.07) is 1.58. The first kappa shape index (κ1) is 12.6. The smallest absolute Gasteiger partial charge is 0.276 e. The van der Waals surface area contributed by atoms with E-state index >= 15 is 0 Å². The standard InChI is InChI=1S/C11H15N3O4/c1-7-4-9(12-18-7)11(16)14-5-8(6-14)10(15)13(2)17-3/h4,8H,5-6H2,1-3H3. The summed E-state index contributed by atoms with van der Waals surface area (Å²) in [5, 5.41) is 4.83. The molecule has 0 atom stereocenters. The van der Waals surface area contributed by atoms with E-state index in [9.17, 15) is 9.59 Å². The second kappa shape index (κ2) is 4.77. The Kier molecular flexibility index (Phi) is 3.33. The van der Waals surface area contributed by atoms with Crippen LogP contribution in [0.3, 0.4) is 0 Å². The lowest BCUT2D eigenvalue weighted by Crippen LogP contribution is -2.55. The summed E-state index contributed by atoms with van der Waals surface area (Å²) >= 11 is 0. The van der Waals surface area contributed by atoms with Crippen LogP contribution in [0.2, 0.25) is 0 Å². The molecule has 1 aromatic rings. The first-order valence-corrected chi connectivity index (χ1v) is 5.57. The highest BCUT2D eigenvalue weighted by molar-refractivity contribution is 5.94. The van der Waals surface area contributed by atoms with Gasteiger partial charge in [0.25, 0.3) is 11.8 Å². The highest BCUT2D eigenvalue weighted by Crippen LogP contribution is 2.20. The van der Waals surface area contributed by atoms with Crippen molar-refractivity contribution in [1.82, 2.24) is 15.1 Å². The third kappa shape index (κ3) is 2.21. The van der Waals surface area contributed by atoms with Gasteiger partial charge in [0.05, 0.1) is 13.0 Å². The zero-order valence-electron chi connectivity index (χ0n) is 10.5. The van der Waals surface area contributed by atoms with Crippen LogP contribution in [-0.2, 0) is 9.63 Å². The molecule has 1 aliphatic rings. The first-order valence-electron chi connectivity index (χ1n) is 5.57. The molecule has 0 unspecified atom stereocenters. The van der Waals surface area contributed by atoms with Crippen LogP contribution < -0.4 is 0 Å². The van der Waals surface area contributed by atoms with E-state index in [4.69, 9.17) is 9.36 Å². The van der Waals surface area contributed by atoms with Gasteiger partial charge in [-0.1, -0.05) is 5.16 Å². The number of nitrogens with zero attached hydrogens (tertiary/aromatic N) is 3. The number of hydrogen-bond acceptors (Lipinski definition) is 5. The molecule has 7 nitrogen and oxygen atoms in total. The van der Waals surface area contributed by atoms with Crippen molar-refractivity contribution in [2.75, 3.05) is 27.2 Å². The lowest BCUT2D eigenvalue weighted by Gasteiger charge is -2.38. The number of carbonyl (C=O) groups is 2. The Morgan fingerprint density at radius 3 is 2.72 bits per heavy atom. The Hall–Kier alpha value is -1.89. The largest absolute Gasteiger partial charge is 0.361 e. The molecule has 1 aromatic heterocycles. The second-order valence-corrected chi connectivity index (χ2v) is 4.25. The van der Waals surface area contributed by atoms with Crippen molar-refractivity contribution in [2.24, 2.45) is 5.92 Å². The predicted molar refractivity (Wildman–Crippen MR) is 60.4 cm³/mol. The van der Waals surface area contributed by atoms with Crippen molar-refractivity contribution in [1.29, 1.82) is 0 Å². The molecule has 0 N–H and O–H groups in total. The van der Waals surface area contributed by atoms with Crippen LogP contribution >= 0.6 is 0 Å². The van der Waals surface area contributed by atoms with Gasteiger partial charge in [0.2, 0.25) is 0 Å². The summed E-state index contributed by atoms with van der Waals surface area (Å²) in [5.74, 6) is 0.0476. The second-order valence-electron chi connectivity index (χ2n) is 4.25. The highest BCUT2D eigenvalue weighted by atomic mass is 16.7. The summed E-state index contributed by atoms with van der Waals surface area (Å²) in [6.07, 6.45) is 0. The Bertz CT molecular complexity index is 465. The molecule has 0 aromatic carbocycles. The molecule has 0 bridgehead atoms. The maximum atomic E-state index is 11.9. The predicted octanol–water partition coefficient (Wildman–Crippen LogP) is 0.0748. The van der Waals surface area contributed by atoms with Crippen LogP contribution in [0.4, 0.5) is 0 Å². The van der Waals surface area contributed by atoms with E-state index in [0.717, 1.165) is 0 Å². The van der Waals surface area contributed by atoms with Crippen molar-refractivity contribution in [3.63, 3.8) is 0 Å². The topological polar surface area (TPSA) is 75.9 Å². The van der Waals surface area contributed by atoms with E-state index in [-0.39, 0.29) is 23.4 Å². The number of aromatic nitrogens is 1. The number of hydrogen-bond donors (Lipinski definition) is 0. The summed E-state index contributed by atoms with van der Waals surface area (Å²) in [6.45, 7) is 2.49. The minimum atomic E-state index is -0.212. The van der Waals surface area contributed by atoms with Gasteiger partial charge in [-0.2, -0.15) is 0 Å². The molecule has 98 valence electrons. The highest BCUT2D eigenvalue weighted by Gasteiger charge is 2.38. The lowest BCUT2D eigenvalue weighted by atomic mass is 9.98. The molecule has 1 saturated heterocycles. The van der Waals surface area contributed by atoms with Crippen LogP contribution in [0, 0.1) is 12.8 Å². The zero-order chi connectivity index (χ0) is 13.3. The SMILES string of the molecule is CON(C)C(=O)C1CN(C(=O)c2cc(C)on2)C1. The maximum Gasteiger partial charge on any atom is 0.276 e. The molecule has 2 rings (SSSR count). The zero-order valence-corrected chi connectivity index (χ0v) is 10.5. The minimum absolute atomic E-state index is 0.127. The lowest BCUT2D eigenvalue weighted by molar-refractivity contribution is -0.177. The molecule has 0 radical (unpaired) electrons. The van der Waals surface area contributed by atoms with Crippen LogP contribution in [0.1, 0.15) is 16.2 Å². The van der Waals surface area contributed by atoms with Crippen LogP contribution in [0.25, 0.3) is 0 Å². The van der Waals surface area contributed by atoms with Crippen molar-refractivity contribution in [2.45, 2.75) is 6.92 Å². The van der Waals surface area contributed by atoms with Gasteiger partial charge in [-0.25, -0.2) is 5.06 Å². The Morgan fingerprint density at radius 1 is 1.56 bits per heavy atom. The summed E-state index contributed by atoms with van der Waals surface area (Å²) in [7, 11) is 2.98. The minimum Gasteiger partial charge on any atom is -0.361 e. The summed E-state index contributed by atoms with van der Waals surface area (Å²) < 4.78 is 4.84. The van der Waals surface area contributed by atoms with Crippen molar-refractivity contribution in [3.8, 4) is 0 Å². The molecular weight excluding hydrogens is 238 g/mol. The van der Waals surface area contributed by atoms with E-state index in [0.29, 0.717) is 18.8 Å². The number of hydroxylamine groups is 2. The fourth-order valence-corrected chi connectivity index (χ4v) is 1.78. The van der Waals surface area contributed by atoms with Crippen molar-refractivity contribution in [3.05, 3.63) is 17.5 Å². The van der Waals surface area contributed by atoms with E-state index in [1.54, 1.807) is 24.9 Å². The summed E-state index contributed by atoms with van der Waals surface area (Å²) in [4.78, 5) is 30.0. The summed E-state index contributed by atoms with van der Waals surface area (Å²) in [5.41, 5.74) is 0.276. The fourth-order valence-electron chi connectivity index (χ4n) is 1.78. The molecule has 1 fully saturated rings. The third-order valence-corrected chi connectivity index (χ3v) is 2.95. The number of rotatable bonds is 3. The van der Waals surface area contributed by atoms with E-state index in [1.807, 2.05) is 0 Å². The number of likely N-dealkylation sites (tertiary alicyclic amines) is 1. The van der Waals surface area contributed by atoms with Gasteiger partial charge in [-0.3, -0.25) is 14.4 Å². The molecule has 0 aliphatic carbocycles.